The van der Waals surface area contributed by atoms with Crippen molar-refractivity contribution in [2.24, 2.45) is 5.16 Å². The highest BCUT2D eigenvalue weighted by Gasteiger charge is 2.30. The third kappa shape index (κ3) is 5.17. The zero-order valence-corrected chi connectivity index (χ0v) is 16.7. The molecular weight excluding hydrogens is 409 g/mol. The number of hydrogen-bond acceptors (Lipinski definition) is 6. The van der Waals surface area contributed by atoms with Crippen molar-refractivity contribution < 1.29 is 28.2 Å². The molecule has 0 saturated carbocycles. The maximum absolute atomic E-state index is 14.0. The number of oxime groups is 1. The lowest BCUT2D eigenvalue weighted by molar-refractivity contribution is -0.150. The lowest BCUT2D eigenvalue weighted by atomic mass is 10.0. The van der Waals surface area contributed by atoms with Crippen molar-refractivity contribution >= 4 is 27.6 Å². The van der Waals surface area contributed by atoms with Crippen LogP contribution in [0, 0.1) is 5.82 Å². The number of carbonyl (C=O) groups excluding carboxylic acids is 1. The van der Waals surface area contributed by atoms with Gasteiger partial charge in [0.25, 0.3) is 0 Å². The van der Waals surface area contributed by atoms with E-state index in [0.717, 1.165) is 12.8 Å². The Balaban J connectivity index is 2.26. The number of hydrogen-bond donors (Lipinski definition) is 0. The standard InChI is InChI=1S/C18H23BrFNO5/c1-4-6-7-24-16-10-25-21-17(16)12-8-13(19)14(20)9-15(12)26-11(3)18(22)23-5-2/h8-9,11,16H,4-7,10H2,1-3H3/t11-,16?/m0/s1. The number of halogens is 2. The third-order valence-electron chi connectivity index (χ3n) is 3.73. The van der Waals surface area contributed by atoms with Crippen LogP contribution in [0.1, 0.15) is 39.2 Å². The van der Waals surface area contributed by atoms with Crippen molar-refractivity contribution in [2.75, 3.05) is 19.8 Å². The number of rotatable bonds is 9. The maximum atomic E-state index is 14.0. The predicted molar refractivity (Wildman–Crippen MR) is 98.0 cm³/mol. The molecule has 144 valence electrons. The minimum absolute atomic E-state index is 0.180. The number of unbranched alkanes of at least 4 members (excludes halogenated alkanes) is 1. The van der Waals surface area contributed by atoms with Gasteiger partial charge in [0, 0.05) is 18.2 Å². The maximum Gasteiger partial charge on any atom is 0.347 e. The van der Waals surface area contributed by atoms with Gasteiger partial charge in [0.05, 0.1) is 11.1 Å². The summed E-state index contributed by atoms with van der Waals surface area (Å²) in [7, 11) is 0. The van der Waals surface area contributed by atoms with Gasteiger partial charge in [-0.2, -0.15) is 0 Å². The van der Waals surface area contributed by atoms with Crippen LogP contribution in [0.15, 0.2) is 21.8 Å². The minimum atomic E-state index is -0.892. The van der Waals surface area contributed by atoms with Gasteiger partial charge >= 0.3 is 5.97 Å². The zero-order valence-electron chi connectivity index (χ0n) is 15.1. The molecule has 2 atom stereocenters. The Morgan fingerprint density at radius 2 is 2.23 bits per heavy atom. The fourth-order valence-electron chi connectivity index (χ4n) is 2.36. The van der Waals surface area contributed by atoms with Gasteiger partial charge in [-0.1, -0.05) is 18.5 Å². The molecule has 1 aliphatic rings. The highest BCUT2D eigenvalue weighted by Crippen LogP contribution is 2.30. The Morgan fingerprint density at radius 1 is 1.46 bits per heavy atom. The van der Waals surface area contributed by atoms with Crippen LogP contribution in [0.4, 0.5) is 4.39 Å². The smallest absolute Gasteiger partial charge is 0.347 e. The first-order valence-electron chi connectivity index (χ1n) is 8.62. The molecule has 0 spiro atoms. The average Bonchev–Trinajstić information content (AvgIpc) is 3.06. The van der Waals surface area contributed by atoms with Gasteiger partial charge in [0.1, 0.15) is 30.0 Å². The fraction of sp³-hybridized carbons (Fsp3) is 0.556. The second-order valence-corrected chi connectivity index (χ2v) is 6.61. The van der Waals surface area contributed by atoms with Crippen LogP contribution in [0.2, 0.25) is 0 Å². The minimum Gasteiger partial charge on any atom is -0.478 e. The molecule has 1 aromatic rings. The van der Waals surface area contributed by atoms with Crippen molar-refractivity contribution in [1.29, 1.82) is 0 Å². The molecule has 1 aliphatic heterocycles. The van der Waals surface area contributed by atoms with E-state index in [-0.39, 0.29) is 29.5 Å². The second kappa shape index (κ2) is 9.87. The van der Waals surface area contributed by atoms with Crippen molar-refractivity contribution in [3.8, 4) is 5.75 Å². The molecule has 0 amide bonds. The number of carbonyl (C=O) groups is 1. The number of benzene rings is 1. The van der Waals surface area contributed by atoms with Crippen LogP contribution in [-0.2, 0) is 19.1 Å². The molecule has 6 nitrogen and oxygen atoms in total. The van der Waals surface area contributed by atoms with Gasteiger partial charge in [-0.05, 0) is 42.3 Å². The van der Waals surface area contributed by atoms with Crippen LogP contribution >= 0.6 is 15.9 Å². The Kier molecular flexibility index (Phi) is 7.84. The summed E-state index contributed by atoms with van der Waals surface area (Å²) in [6.07, 6.45) is 0.657. The molecule has 2 rings (SSSR count). The molecule has 1 heterocycles. The Hall–Kier alpha value is -1.67. The fourth-order valence-corrected chi connectivity index (χ4v) is 2.70. The van der Waals surface area contributed by atoms with Gasteiger partial charge in [0.15, 0.2) is 6.10 Å². The van der Waals surface area contributed by atoms with E-state index < -0.39 is 17.9 Å². The SMILES string of the molecule is CCCCOC1CON=C1c1cc(Br)c(F)cc1O[C@@H](C)C(=O)OCC. The first kappa shape index (κ1) is 20.6. The van der Waals surface area contributed by atoms with E-state index >= 15 is 0 Å². The number of esters is 1. The molecule has 0 radical (unpaired) electrons. The summed E-state index contributed by atoms with van der Waals surface area (Å²) >= 11 is 3.17. The average molecular weight is 432 g/mol. The molecule has 1 aromatic carbocycles. The van der Waals surface area contributed by atoms with Crippen molar-refractivity contribution in [2.45, 2.75) is 45.8 Å². The molecule has 0 N–H and O–H groups in total. The summed E-state index contributed by atoms with van der Waals surface area (Å²) in [6.45, 7) is 6.41. The zero-order chi connectivity index (χ0) is 19.1. The van der Waals surface area contributed by atoms with Crippen LogP contribution in [0.3, 0.4) is 0 Å². The molecule has 0 bridgehead atoms. The lowest BCUT2D eigenvalue weighted by Crippen LogP contribution is -2.29. The van der Waals surface area contributed by atoms with Gasteiger partial charge in [0.2, 0.25) is 0 Å². The summed E-state index contributed by atoms with van der Waals surface area (Å²) in [6, 6.07) is 2.76. The van der Waals surface area contributed by atoms with Crippen molar-refractivity contribution in [3.63, 3.8) is 0 Å². The van der Waals surface area contributed by atoms with Crippen molar-refractivity contribution in [3.05, 3.63) is 28.0 Å². The first-order valence-corrected chi connectivity index (χ1v) is 9.41. The van der Waals surface area contributed by atoms with E-state index in [0.29, 0.717) is 17.9 Å². The van der Waals surface area contributed by atoms with E-state index in [1.807, 2.05) is 0 Å². The van der Waals surface area contributed by atoms with Crippen LogP contribution < -0.4 is 4.74 Å². The first-order chi connectivity index (χ1) is 12.5. The monoisotopic (exact) mass is 431 g/mol. The molecule has 0 saturated heterocycles. The Labute approximate surface area is 160 Å². The summed E-state index contributed by atoms with van der Waals surface area (Å²) in [4.78, 5) is 17.0. The van der Waals surface area contributed by atoms with Gasteiger partial charge in [-0.3, -0.25) is 0 Å². The summed E-state index contributed by atoms with van der Waals surface area (Å²) in [5, 5.41) is 4.04. The van der Waals surface area contributed by atoms with E-state index in [1.54, 1.807) is 19.9 Å². The van der Waals surface area contributed by atoms with E-state index in [1.165, 1.54) is 6.07 Å². The van der Waals surface area contributed by atoms with Crippen LogP contribution in [0.25, 0.3) is 0 Å². The lowest BCUT2D eigenvalue weighted by Gasteiger charge is -2.19. The van der Waals surface area contributed by atoms with E-state index in [2.05, 4.69) is 28.0 Å². The predicted octanol–water partition coefficient (Wildman–Crippen LogP) is 3.84. The Bertz CT molecular complexity index is 667. The molecule has 0 fully saturated rings. The van der Waals surface area contributed by atoms with E-state index in [9.17, 15) is 9.18 Å². The van der Waals surface area contributed by atoms with Gasteiger partial charge in [-0.15, -0.1) is 0 Å². The normalized spacial score (nSPS) is 17.4. The van der Waals surface area contributed by atoms with Gasteiger partial charge < -0.3 is 19.0 Å². The van der Waals surface area contributed by atoms with Gasteiger partial charge in [-0.25, -0.2) is 9.18 Å². The molecule has 0 aliphatic carbocycles. The Morgan fingerprint density at radius 3 is 2.92 bits per heavy atom. The molecule has 0 aromatic heterocycles. The highest BCUT2D eigenvalue weighted by molar-refractivity contribution is 9.10. The van der Waals surface area contributed by atoms with Crippen molar-refractivity contribution in [1.82, 2.24) is 0 Å². The molecule has 26 heavy (non-hydrogen) atoms. The second-order valence-electron chi connectivity index (χ2n) is 5.76. The number of ether oxygens (including phenoxy) is 3. The largest absolute Gasteiger partial charge is 0.478 e. The number of nitrogens with zero attached hydrogens (tertiary/aromatic N) is 1. The highest BCUT2D eigenvalue weighted by atomic mass is 79.9. The molecule has 8 heteroatoms. The summed E-state index contributed by atoms with van der Waals surface area (Å²) in [5.41, 5.74) is 1.02. The molecule has 1 unspecified atom stereocenters. The third-order valence-corrected chi connectivity index (χ3v) is 4.34. The quantitative estimate of drug-likeness (QED) is 0.438. The van der Waals surface area contributed by atoms with Crippen LogP contribution in [-0.4, -0.2) is 43.7 Å². The van der Waals surface area contributed by atoms with E-state index in [4.69, 9.17) is 19.0 Å². The summed E-state index contributed by atoms with van der Waals surface area (Å²) < 4.78 is 30.7. The topological polar surface area (TPSA) is 66.3 Å². The van der Waals surface area contributed by atoms with Crippen LogP contribution in [0.5, 0.6) is 5.75 Å². The molecular formula is C18H23BrFNO5. The summed E-state index contributed by atoms with van der Waals surface area (Å²) in [5.74, 6) is -0.857.